The fraction of sp³-hybridized carbons (Fsp3) is 0.667. The van der Waals surface area contributed by atoms with Gasteiger partial charge in [0.05, 0.1) is 0 Å². The maximum Gasteiger partial charge on any atom is 0.133 e. The number of nitrogens with zero attached hydrogens (tertiary/aromatic N) is 2. The van der Waals surface area contributed by atoms with E-state index in [9.17, 15) is 0 Å². The van der Waals surface area contributed by atoms with Crippen LogP contribution in [0.5, 0.6) is 0 Å². The summed E-state index contributed by atoms with van der Waals surface area (Å²) in [6.07, 6.45) is 2.31. The lowest BCUT2D eigenvalue weighted by atomic mass is 10.1. The largest absolute Gasteiger partial charge is 0.316 e. The maximum atomic E-state index is 4.79. The lowest BCUT2D eigenvalue weighted by Gasteiger charge is -2.18. The molecule has 0 amide bonds. The van der Waals surface area contributed by atoms with Gasteiger partial charge in [0, 0.05) is 35.2 Å². The molecule has 1 aromatic rings. The lowest BCUT2D eigenvalue weighted by molar-refractivity contribution is 0.683. The van der Waals surface area contributed by atoms with Crippen molar-refractivity contribution in [3.05, 3.63) is 22.8 Å². The Morgan fingerprint density at radius 1 is 1.38 bits per heavy atom. The summed E-state index contributed by atoms with van der Waals surface area (Å²) in [6.45, 7) is 4.30. The highest BCUT2D eigenvalue weighted by molar-refractivity contribution is 7.98. The van der Waals surface area contributed by atoms with Crippen LogP contribution in [-0.4, -0.2) is 28.8 Å². The molecule has 3 rings (SSSR count). The van der Waals surface area contributed by atoms with Gasteiger partial charge in [0.15, 0.2) is 0 Å². The molecule has 1 unspecified atom stereocenters. The molecule has 16 heavy (non-hydrogen) atoms. The van der Waals surface area contributed by atoms with Gasteiger partial charge in [0.25, 0.3) is 0 Å². The summed E-state index contributed by atoms with van der Waals surface area (Å²) in [6, 6.07) is 0. The third-order valence-corrected chi connectivity index (χ3v) is 4.46. The maximum absolute atomic E-state index is 4.79. The van der Waals surface area contributed by atoms with E-state index in [1.54, 1.807) is 0 Å². The Hall–Kier alpha value is -0.610. The van der Waals surface area contributed by atoms with Gasteiger partial charge in [0.2, 0.25) is 0 Å². The topological polar surface area (TPSA) is 37.8 Å². The molecule has 0 aromatic carbocycles. The molecule has 0 radical (unpaired) electrons. The van der Waals surface area contributed by atoms with Crippen molar-refractivity contribution in [3.8, 4) is 0 Å². The summed E-state index contributed by atoms with van der Waals surface area (Å²) in [5.74, 6) is 3.93. The molecule has 1 fully saturated rings. The van der Waals surface area contributed by atoms with Gasteiger partial charge in [-0.1, -0.05) is 0 Å². The summed E-state index contributed by atoms with van der Waals surface area (Å²) in [4.78, 5) is 9.50. The summed E-state index contributed by atoms with van der Waals surface area (Å²) in [7, 11) is 0. The third kappa shape index (κ3) is 1.84. The van der Waals surface area contributed by atoms with Crippen molar-refractivity contribution in [1.29, 1.82) is 0 Å². The molecule has 0 aliphatic carbocycles. The summed E-state index contributed by atoms with van der Waals surface area (Å²) >= 11 is 2.00. The third-order valence-electron chi connectivity index (χ3n) is 3.47. The second kappa shape index (κ2) is 4.34. The normalized spacial score (nSPS) is 24.4. The second-order valence-corrected chi connectivity index (χ2v) is 5.69. The molecule has 0 saturated carbocycles. The van der Waals surface area contributed by atoms with Gasteiger partial charge in [0.1, 0.15) is 5.82 Å². The number of rotatable bonds is 1. The average molecular weight is 235 g/mol. The number of hydrogen-bond acceptors (Lipinski definition) is 4. The van der Waals surface area contributed by atoms with Crippen LogP contribution in [0.1, 0.15) is 35.1 Å². The van der Waals surface area contributed by atoms with Gasteiger partial charge in [-0.05, 0) is 32.1 Å². The van der Waals surface area contributed by atoms with E-state index in [0.717, 1.165) is 31.1 Å². The first-order valence-electron chi connectivity index (χ1n) is 5.99. The highest BCUT2D eigenvalue weighted by Crippen LogP contribution is 2.27. The highest BCUT2D eigenvalue weighted by atomic mass is 32.2. The van der Waals surface area contributed by atoms with Crippen LogP contribution in [0.4, 0.5) is 0 Å². The summed E-state index contributed by atoms with van der Waals surface area (Å²) in [5, 5.41) is 3.39. The minimum absolute atomic E-state index is 0.540. The SMILES string of the molecule is Cc1nc(C2CCNC2)nc2c1CSCC2. The van der Waals surface area contributed by atoms with Crippen LogP contribution in [0.15, 0.2) is 0 Å². The number of hydrogen-bond donors (Lipinski definition) is 1. The molecule has 3 heterocycles. The molecule has 3 nitrogen and oxygen atoms in total. The Labute approximate surface area is 100 Å². The quantitative estimate of drug-likeness (QED) is 0.803. The first-order valence-corrected chi connectivity index (χ1v) is 7.15. The molecule has 1 atom stereocenters. The van der Waals surface area contributed by atoms with Crippen molar-refractivity contribution >= 4 is 11.8 Å². The van der Waals surface area contributed by atoms with Crippen LogP contribution in [0.3, 0.4) is 0 Å². The van der Waals surface area contributed by atoms with E-state index in [1.807, 2.05) is 11.8 Å². The standard InChI is InChI=1S/C12H17N3S/c1-8-10-7-16-5-3-11(10)15-12(14-8)9-2-4-13-6-9/h9,13H,2-7H2,1H3. The molecule has 86 valence electrons. The number of aryl methyl sites for hydroxylation is 2. The minimum Gasteiger partial charge on any atom is -0.316 e. The summed E-state index contributed by atoms with van der Waals surface area (Å²) < 4.78 is 0. The van der Waals surface area contributed by atoms with E-state index in [0.29, 0.717) is 5.92 Å². The van der Waals surface area contributed by atoms with Gasteiger partial charge in [-0.25, -0.2) is 9.97 Å². The number of aromatic nitrogens is 2. The van der Waals surface area contributed by atoms with Crippen LogP contribution in [0, 0.1) is 6.92 Å². The second-order valence-electron chi connectivity index (χ2n) is 4.58. The summed E-state index contributed by atoms with van der Waals surface area (Å²) in [5.41, 5.74) is 3.92. The van der Waals surface area contributed by atoms with Crippen molar-refractivity contribution in [1.82, 2.24) is 15.3 Å². The number of nitrogens with one attached hydrogen (secondary N) is 1. The zero-order chi connectivity index (χ0) is 11.0. The van der Waals surface area contributed by atoms with E-state index in [4.69, 9.17) is 9.97 Å². The van der Waals surface area contributed by atoms with Gasteiger partial charge in [-0.2, -0.15) is 11.8 Å². The van der Waals surface area contributed by atoms with Crippen LogP contribution in [-0.2, 0) is 12.2 Å². The lowest BCUT2D eigenvalue weighted by Crippen LogP contribution is -2.16. The predicted molar refractivity (Wildman–Crippen MR) is 66.9 cm³/mol. The van der Waals surface area contributed by atoms with Gasteiger partial charge in [-0.15, -0.1) is 0 Å². The zero-order valence-electron chi connectivity index (χ0n) is 9.62. The van der Waals surface area contributed by atoms with Crippen LogP contribution in [0.2, 0.25) is 0 Å². The van der Waals surface area contributed by atoms with Crippen molar-refractivity contribution in [2.24, 2.45) is 0 Å². The van der Waals surface area contributed by atoms with Gasteiger partial charge < -0.3 is 5.32 Å². The van der Waals surface area contributed by atoms with Crippen molar-refractivity contribution in [3.63, 3.8) is 0 Å². The molecule has 1 saturated heterocycles. The molecule has 2 aliphatic rings. The van der Waals surface area contributed by atoms with Crippen LogP contribution >= 0.6 is 11.8 Å². The van der Waals surface area contributed by atoms with E-state index in [2.05, 4.69) is 12.2 Å². The van der Waals surface area contributed by atoms with Crippen molar-refractivity contribution in [2.75, 3.05) is 18.8 Å². The fourth-order valence-corrected chi connectivity index (χ4v) is 3.54. The molecule has 0 bridgehead atoms. The molecule has 1 N–H and O–H groups in total. The average Bonchev–Trinajstić information content (AvgIpc) is 2.82. The zero-order valence-corrected chi connectivity index (χ0v) is 10.4. The molecule has 2 aliphatic heterocycles. The molecule has 0 spiro atoms. The Morgan fingerprint density at radius 2 is 2.31 bits per heavy atom. The fourth-order valence-electron chi connectivity index (χ4n) is 2.47. The van der Waals surface area contributed by atoms with E-state index < -0.39 is 0 Å². The van der Waals surface area contributed by atoms with E-state index in [-0.39, 0.29) is 0 Å². The first-order chi connectivity index (χ1) is 7.84. The van der Waals surface area contributed by atoms with Gasteiger partial charge in [-0.3, -0.25) is 0 Å². The van der Waals surface area contributed by atoms with Crippen LogP contribution < -0.4 is 5.32 Å². The minimum atomic E-state index is 0.540. The molecule has 1 aromatic heterocycles. The Bertz CT molecular complexity index is 399. The monoisotopic (exact) mass is 235 g/mol. The number of thioether (sulfide) groups is 1. The molecular weight excluding hydrogens is 218 g/mol. The van der Waals surface area contributed by atoms with E-state index >= 15 is 0 Å². The molecular formula is C12H17N3S. The van der Waals surface area contributed by atoms with Crippen molar-refractivity contribution < 1.29 is 0 Å². The predicted octanol–water partition coefficient (Wildman–Crippen LogP) is 1.65. The Morgan fingerprint density at radius 3 is 3.12 bits per heavy atom. The first kappa shape index (κ1) is 10.5. The van der Waals surface area contributed by atoms with Gasteiger partial charge >= 0.3 is 0 Å². The Balaban J connectivity index is 1.97. The Kier molecular flexibility index (Phi) is 2.86. The smallest absolute Gasteiger partial charge is 0.133 e. The van der Waals surface area contributed by atoms with Crippen LogP contribution in [0.25, 0.3) is 0 Å². The van der Waals surface area contributed by atoms with Crippen molar-refractivity contribution in [2.45, 2.75) is 31.4 Å². The molecule has 4 heteroatoms. The highest BCUT2D eigenvalue weighted by Gasteiger charge is 2.22. The van der Waals surface area contributed by atoms with E-state index in [1.165, 1.54) is 29.1 Å². The number of fused-ring (bicyclic) bond motifs is 1.